The second-order valence-corrected chi connectivity index (χ2v) is 11.2. The minimum atomic E-state index is -3.51. The summed E-state index contributed by atoms with van der Waals surface area (Å²) in [4.78, 5) is 18.1. The van der Waals surface area contributed by atoms with Crippen LogP contribution >= 0.6 is 0 Å². The van der Waals surface area contributed by atoms with E-state index < -0.39 is 15.9 Å². The van der Waals surface area contributed by atoms with Crippen LogP contribution < -0.4 is 5.73 Å². The molecule has 176 valence electrons. The predicted octanol–water partition coefficient (Wildman–Crippen LogP) is 1.85. The van der Waals surface area contributed by atoms with E-state index in [1.807, 2.05) is 13.1 Å². The van der Waals surface area contributed by atoms with Crippen LogP contribution in [0.4, 0.5) is 5.82 Å². The second kappa shape index (κ2) is 8.53. The van der Waals surface area contributed by atoms with E-state index in [4.69, 9.17) is 10.5 Å². The lowest BCUT2D eigenvalue weighted by Gasteiger charge is -2.26. The van der Waals surface area contributed by atoms with Gasteiger partial charge in [-0.2, -0.15) is 10.2 Å². The first-order valence-corrected chi connectivity index (χ1v) is 12.8. The van der Waals surface area contributed by atoms with E-state index in [9.17, 15) is 13.2 Å². The summed E-state index contributed by atoms with van der Waals surface area (Å²) < 4.78 is 34.8. The van der Waals surface area contributed by atoms with Crippen molar-refractivity contribution in [1.82, 2.24) is 24.5 Å². The summed E-state index contributed by atoms with van der Waals surface area (Å²) in [6.45, 7) is 1.33. The van der Waals surface area contributed by atoms with Gasteiger partial charge in [0.15, 0.2) is 21.3 Å². The Balaban J connectivity index is 1.55. The summed E-state index contributed by atoms with van der Waals surface area (Å²) in [5.41, 5.74) is 7.04. The highest BCUT2D eigenvalue weighted by atomic mass is 32.2. The number of hydrogen-bond donors (Lipinski definition) is 1. The Morgan fingerprint density at radius 1 is 1.27 bits per heavy atom. The first-order chi connectivity index (χ1) is 15.8. The number of Topliss-reactive ketones (excluding diaryl/α,β-unsaturated/α-hetero) is 1. The topological polar surface area (TPSA) is 135 Å². The summed E-state index contributed by atoms with van der Waals surface area (Å²) in [6, 6.07) is 2.63. The molecule has 11 heteroatoms. The van der Waals surface area contributed by atoms with Crippen LogP contribution in [0, 0.1) is 5.92 Å². The van der Waals surface area contributed by atoms with E-state index in [1.54, 1.807) is 15.6 Å². The fraction of sp³-hybridized carbons (Fsp3) is 0.545. The molecule has 10 nitrogen and oxygen atoms in total. The summed E-state index contributed by atoms with van der Waals surface area (Å²) >= 11 is 0. The Kier molecular flexibility index (Phi) is 5.69. The summed E-state index contributed by atoms with van der Waals surface area (Å²) in [5.74, 6) is 0.359. The average Bonchev–Trinajstić information content (AvgIpc) is 3.47. The maximum absolute atomic E-state index is 13.5. The van der Waals surface area contributed by atoms with Crippen LogP contribution in [0.2, 0.25) is 0 Å². The van der Waals surface area contributed by atoms with Gasteiger partial charge in [-0.1, -0.05) is 0 Å². The van der Waals surface area contributed by atoms with Crippen molar-refractivity contribution in [3.8, 4) is 0 Å². The maximum Gasteiger partial charge on any atom is 0.182 e. The van der Waals surface area contributed by atoms with Crippen molar-refractivity contribution in [3.63, 3.8) is 0 Å². The minimum absolute atomic E-state index is 0.0407. The molecule has 0 radical (unpaired) electrons. The van der Waals surface area contributed by atoms with E-state index in [0.29, 0.717) is 55.1 Å². The number of fused-ring (bicyclic) bond motifs is 1. The molecule has 33 heavy (non-hydrogen) atoms. The van der Waals surface area contributed by atoms with Gasteiger partial charge in [0.2, 0.25) is 0 Å². The first-order valence-electron chi connectivity index (χ1n) is 11.3. The summed E-state index contributed by atoms with van der Waals surface area (Å²) in [6.07, 6.45) is 7.06. The van der Waals surface area contributed by atoms with E-state index in [2.05, 4.69) is 15.2 Å². The van der Waals surface area contributed by atoms with Crippen LogP contribution in [0.5, 0.6) is 0 Å². The molecule has 1 aliphatic heterocycles. The number of nitrogens with two attached hydrogens (primary N) is 1. The molecule has 3 aromatic heterocycles. The van der Waals surface area contributed by atoms with Crippen LogP contribution in [0.25, 0.3) is 11.0 Å². The van der Waals surface area contributed by atoms with Gasteiger partial charge in [-0.3, -0.25) is 9.48 Å². The van der Waals surface area contributed by atoms with Gasteiger partial charge in [-0.25, -0.2) is 18.1 Å². The zero-order valence-electron chi connectivity index (χ0n) is 18.6. The van der Waals surface area contributed by atoms with Gasteiger partial charge in [0.1, 0.15) is 11.9 Å². The number of pyridine rings is 1. The lowest BCUT2D eigenvalue weighted by molar-refractivity contribution is -0.122. The number of sulfone groups is 1. The van der Waals surface area contributed by atoms with Crippen molar-refractivity contribution < 1.29 is 17.9 Å². The molecular weight excluding hydrogens is 444 g/mol. The van der Waals surface area contributed by atoms with Gasteiger partial charge < -0.3 is 10.5 Å². The third kappa shape index (κ3) is 4.39. The third-order valence-corrected chi connectivity index (χ3v) is 8.81. The number of aromatic nitrogens is 5. The minimum Gasteiger partial charge on any atom is -0.384 e. The van der Waals surface area contributed by atoms with Crippen LogP contribution in [-0.2, 0) is 32.8 Å². The normalized spacial score (nSPS) is 18.6. The third-order valence-electron chi connectivity index (χ3n) is 6.51. The average molecular weight is 473 g/mol. The van der Waals surface area contributed by atoms with Crippen molar-refractivity contribution >= 4 is 32.5 Å². The van der Waals surface area contributed by atoms with Gasteiger partial charge in [0, 0.05) is 26.5 Å². The molecule has 1 saturated heterocycles. The van der Waals surface area contributed by atoms with E-state index >= 15 is 0 Å². The number of rotatable bonds is 8. The number of nitrogens with zero attached hydrogens (tertiary/aromatic N) is 5. The molecule has 0 amide bonds. The Labute approximate surface area is 192 Å². The standard InChI is InChI=1S/C22H28N6O4S/c1-27-7-4-15(26-27)11-19(29)18(10-14-5-8-32-9-6-14)28-22-17(13-24-28)20(12-21(23)25-22)33(30,31)16-2-3-16/h4,7,12-14,16,18H,2-3,5-6,8-11H2,1H3,(H2,23,25). The highest BCUT2D eigenvalue weighted by Gasteiger charge is 2.39. The highest BCUT2D eigenvalue weighted by Crippen LogP contribution is 2.38. The monoisotopic (exact) mass is 472 g/mol. The van der Waals surface area contributed by atoms with Crippen molar-refractivity contribution in [2.75, 3.05) is 18.9 Å². The number of carbonyl (C=O) groups is 1. The largest absolute Gasteiger partial charge is 0.384 e. The fourth-order valence-corrected chi connectivity index (χ4v) is 6.40. The molecule has 0 aromatic carbocycles. The van der Waals surface area contributed by atoms with Gasteiger partial charge in [0.05, 0.1) is 33.8 Å². The van der Waals surface area contributed by atoms with Gasteiger partial charge in [-0.15, -0.1) is 0 Å². The number of anilines is 1. The quantitative estimate of drug-likeness (QED) is 0.525. The Morgan fingerprint density at radius 3 is 2.70 bits per heavy atom. The summed E-state index contributed by atoms with van der Waals surface area (Å²) in [7, 11) is -1.70. The smallest absolute Gasteiger partial charge is 0.182 e. The molecule has 0 spiro atoms. The van der Waals surface area contributed by atoms with Gasteiger partial charge in [0.25, 0.3) is 0 Å². The molecule has 4 heterocycles. The molecular formula is C22H28N6O4S. The Bertz CT molecular complexity index is 1290. The van der Waals surface area contributed by atoms with Crippen LogP contribution in [-0.4, -0.2) is 57.2 Å². The molecule has 2 N–H and O–H groups in total. The maximum atomic E-state index is 13.5. The lowest BCUT2D eigenvalue weighted by Crippen LogP contribution is -2.28. The predicted molar refractivity (Wildman–Crippen MR) is 121 cm³/mol. The van der Waals surface area contributed by atoms with Gasteiger partial charge >= 0.3 is 0 Å². The number of nitrogen functional groups attached to an aromatic ring is 1. The number of ketones is 1. The Morgan fingerprint density at radius 2 is 2.03 bits per heavy atom. The number of ether oxygens (including phenoxy) is 1. The lowest BCUT2D eigenvalue weighted by atomic mass is 9.90. The van der Waals surface area contributed by atoms with E-state index in [0.717, 1.165) is 12.8 Å². The highest BCUT2D eigenvalue weighted by molar-refractivity contribution is 7.92. The molecule has 5 rings (SSSR count). The second-order valence-electron chi connectivity index (χ2n) is 9.05. The molecule has 0 bridgehead atoms. The SMILES string of the molecule is Cn1ccc(CC(=O)C(CC2CCOCC2)n2ncc3c(S(=O)(=O)C4CC4)cc(N)nc32)n1. The number of hydrogen-bond acceptors (Lipinski definition) is 8. The van der Waals surface area contributed by atoms with Crippen molar-refractivity contribution in [2.45, 2.75) is 54.7 Å². The van der Waals surface area contributed by atoms with Crippen LogP contribution in [0.3, 0.4) is 0 Å². The van der Waals surface area contributed by atoms with E-state index in [1.165, 1.54) is 12.3 Å². The molecule has 1 atom stereocenters. The van der Waals surface area contributed by atoms with Gasteiger partial charge in [-0.05, 0) is 50.2 Å². The molecule has 1 saturated carbocycles. The number of carbonyl (C=O) groups excluding carboxylic acids is 1. The molecule has 1 unspecified atom stereocenters. The van der Waals surface area contributed by atoms with Crippen molar-refractivity contribution in [2.24, 2.45) is 13.0 Å². The van der Waals surface area contributed by atoms with Crippen molar-refractivity contribution in [3.05, 3.63) is 30.2 Å². The van der Waals surface area contributed by atoms with Crippen LogP contribution in [0.1, 0.15) is 43.8 Å². The van der Waals surface area contributed by atoms with E-state index in [-0.39, 0.29) is 28.2 Å². The molecule has 2 fully saturated rings. The number of aryl methyl sites for hydroxylation is 1. The first kappa shape index (κ1) is 22.0. The van der Waals surface area contributed by atoms with Crippen molar-refractivity contribution in [1.29, 1.82) is 0 Å². The Hall–Kier alpha value is -2.79. The molecule has 3 aromatic rings. The summed E-state index contributed by atoms with van der Waals surface area (Å²) in [5, 5.41) is 8.86. The zero-order valence-corrected chi connectivity index (χ0v) is 19.4. The molecule has 1 aliphatic carbocycles. The molecule has 2 aliphatic rings. The fourth-order valence-electron chi connectivity index (χ4n) is 4.55. The van der Waals surface area contributed by atoms with Crippen LogP contribution in [0.15, 0.2) is 29.4 Å². The zero-order chi connectivity index (χ0) is 23.2.